The fourth-order valence-corrected chi connectivity index (χ4v) is 4.45. The Labute approximate surface area is 188 Å². The number of fused-ring (bicyclic) bond motifs is 3. The Morgan fingerprint density at radius 3 is 2.84 bits per heavy atom. The van der Waals surface area contributed by atoms with E-state index in [4.69, 9.17) is 11.6 Å². The molecular weight excluding hydrogens is 439 g/mol. The summed E-state index contributed by atoms with van der Waals surface area (Å²) in [5.41, 5.74) is 1.53. The van der Waals surface area contributed by atoms with E-state index in [0.717, 1.165) is 29.8 Å². The fraction of sp³-hybridized carbons (Fsp3) is 0.273. The molecule has 1 N–H and O–H groups in total. The molecule has 6 nitrogen and oxygen atoms in total. The topological polar surface area (TPSA) is 74.1 Å². The number of para-hydroxylation sites is 1. The second-order valence-corrected chi connectivity index (χ2v) is 8.96. The van der Waals surface area contributed by atoms with Crippen molar-refractivity contribution in [1.29, 1.82) is 0 Å². The Bertz CT molecular complexity index is 1120. The van der Waals surface area contributed by atoms with E-state index in [0.29, 0.717) is 23.1 Å². The lowest BCUT2D eigenvalue weighted by atomic mass is 10.1. The van der Waals surface area contributed by atoms with Gasteiger partial charge in [0.25, 0.3) is 5.91 Å². The SMILES string of the molecule is CCC[C@H]1N=C2c3ccccc3N=C(S[C@@H](C)C(=O)Nc3ccc(Cl)cc3F)N2C1=O. The van der Waals surface area contributed by atoms with E-state index >= 15 is 0 Å². The van der Waals surface area contributed by atoms with E-state index in [1.165, 1.54) is 17.0 Å². The van der Waals surface area contributed by atoms with Gasteiger partial charge in [-0.25, -0.2) is 14.3 Å². The summed E-state index contributed by atoms with van der Waals surface area (Å²) in [6.07, 6.45) is 1.47. The monoisotopic (exact) mass is 458 g/mol. The van der Waals surface area contributed by atoms with Gasteiger partial charge < -0.3 is 5.32 Å². The summed E-state index contributed by atoms with van der Waals surface area (Å²) in [4.78, 5) is 36.5. The van der Waals surface area contributed by atoms with Crippen molar-refractivity contribution < 1.29 is 14.0 Å². The molecule has 0 saturated carbocycles. The molecule has 2 aromatic carbocycles. The minimum atomic E-state index is -0.640. The van der Waals surface area contributed by atoms with E-state index in [1.54, 1.807) is 6.92 Å². The number of rotatable bonds is 5. The lowest BCUT2D eigenvalue weighted by Gasteiger charge is -2.26. The van der Waals surface area contributed by atoms with Crippen molar-refractivity contribution in [3.8, 4) is 0 Å². The van der Waals surface area contributed by atoms with E-state index in [1.807, 2.05) is 31.2 Å². The third-order valence-corrected chi connectivity index (χ3v) is 6.24. The average molecular weight is 459 g/mol. The second kappa shape index (κ2) is 8.80. The first-order chi connectivity index (χ1) is 14.9. The summed E-state index contributed by atoms with van der Waals surface area (Å²) in [5.74, 6) is -0.613. The molecule has 0 spiro atoms. The van der Waals surface area contributed by atoms with Crippen LogP contribution in [0.4, 0.5) is 15.8 Å². The molecule has 0 unspecified atom stereocenters. The van der Waals surface area contributed by atoms with Crippen LogP contribution in [0.25, 0.3) is 0 Å². The number of anilines is 1. The van der Waals surface area contributed by atoms with Crippen LogP contribution in [-0.2, 0) is 9.59 Å². The lowest BCUT2D eigenvalue weighted by Crippen LogP contribution is -2.42. The van der Waals surface area contributed by atoms with Crippen LogP contribution in [-0.4, -0.2) is 39.0 Å². The van der Waals surface area contributed by atoms with Gasteiger partial charge in [0, 0.05) is 10.6 Å². The summed E-state index contributed by atoms with van der Waals surface area (Å²) in [7, 11) is 0. The predicted octanol–water partition coefficient (Wildman–Crippen LogP) is 5.00. The third-order valence-electron chi connectivity index (χ3n) is 4.95. The fourth-order valence-electron chi connectivity index (χ4n) is 3.38. The summed E-state index contributed by atoms with van der Waals surface area (Å²) in [6.45, 7) is 3.68. The molecule has 2 aliphatic rings. The second-order valence-electron chi connectivity index (χ2n) is 7.22. The number of thioether (sulfide) groups is 1. The Balaban J connectivity index is 1.58. The molecule has 0 bridgehead atoms. The zero-order valence-electron chi connectivity index (χ0n) is 16.9. The summed E-state index contributed by atoms with van der Waals surface area (Å²) < 4.78 is 14.0. The first-order valence-electron chi connectivity index (χ1n) is 9.91. The largest absolute Gasteiger partial charge is 0.323 e. The van der Waals surface area contributed by atoms with Crippen LogP contribution in [0.3, 0.4) is 0 Å². The molecule has 31 heavy (non-hydrogen) atoms. The van der Waals surface area contributed by atoms with Crippen molar-refractivity contribution >= 4 is 57.6 Å². The number of benzene rings is 2. The van der Waals surface area contributed by atoms with E-state index < -0.39 is 23.0 Å². The summed E-state index contributed by atoms with van der Waals surface area (Å²) in [6, 6.07) is 11.1. The Kier molecular flexibility index (Phi) is 6.11. The predicted molar refractivity (Wildman–Crippen MR) is 123 cm³/mol. The van der Waals surface area contributed by atoms with Crippen molar-refractivity contribution in [2.45, 2.75) is 38.0 Å². The Morgan fingerprint density at radius 1 is 1.32 bits per heavy atom. The minimum absolute atomic E-state index is 0.0419. The van der Waals surface area contributed by atoms with Gasteiger partial charge in [0.1, 0.15) is 17.7 Å². The van der Waals surface area contributed by atoms with Gasteiger partial charge in [0.05, 0.1) is 16.6 Å². The molecule has 2 heterocycles. The Morgan fingerprint density at radius 2 is 2.10 bits per heavy atom. The molecule has 9 heteroatoms. The highest BCUT2D eigenvalue weighted by Gasteiger charge is 2.41. The lowest BCUT2D eigenvalue weighted by molar-refractivity contribution is -0.124. The first-order valence-corrected chi connectivity index (χ1v) is 11.2. The van der Waals surface area contributed by atoms with Gasteiger partial charge in [-0.15, -0.1) is 0 Å². The van der Waals surface area contributed by atoms with E-state index in [-0.39, 0.29) is 16.6 Å². The average Bonchev–Trinajstić information content (AvgIpc) is 3.07. The number of aliphatic imine (C=N–C) groups is 2. The van der Waals surface area contributed by atoms with Gasteiger partial charge >= 0.3 is 0 Å². The number of carbonyl (C=O) groups is 2. The number of nitrogens with one attached hydrogen (secondary N) is 1. The number of carbonyl (C=O) groups excluding carboxylic acids is 2. The number of hydrogen-bond donors (Lipinski definition) is 1. The van der Waals surface area contributed by atoms with Gasteiger partial charge in [0.15, 0.2) is 5.17 Å². The van der Waals surface area contributed by atoms with Crippen molar-refractivity contribution in [3.05, 3.63) is 58.9 Å². The molecule has 0 aliphatic carbocycles. The molecule has 2 amide bonds. The zero-order chi connectivity index (χ0) is 22.1. The quantitative estimate of drug-likeness (QED) is 0.685. The highest BCUT2D eigenvalue weighted by atomic mass is 35.5. The third kappa shape index (κ3) is 4.22. The molecule has 2 atom stereocenters. The van der Waals surface area contributed by atoms with Gasteiger partial charge in [-0.05, 0) is 43.7 Å². The van der Waals surface area contributed by atoms with E-state index in [2.05, 4.69) is 15.3 Å². The molecule has 0 fully saturated rings. The maximum Gasteiger partial charge on any atom is 0.259 e. The molecule has 0 radical (unpaired) electrons. The number of amides is 2. The molecule has 0 aromatic heterocycles. The number of nitrogens with zero attached hydrogens (tertiary/aromatic N) is 3. The van der Waals surface area contributed by atoms with Gasteiger partial charge in [-0.3, -0.25) is 14.6 Å². The van der Waals surface area contributed by atoms with E-state index in [9.17, 15) is 14.0 Å². The van der Waals surface area contributed by atoms with Crippen LogP contribution in [0.2, 0.25) is 5.02 Å². The van der Waals surface area contributed by atoms with Crippen LogP contribution < -0.4 is 5.32 Å². The standard InChI is InChI=1S/C22H20ClFN4O2S/c1-3-6-18-21(30)28-19(25-18)14-7-4-5-8-16(14)27-22(28)31-12(2)20(29)26-17-10-9-13(23)11-15(17)24/h4-5,7-12,18H,3,6H2,1-2H3,(H,26,29)/t12-,18+/m0/s1. The molecule has 160 valence electrons. The molecule has 2 aliphatic heterocycles. The Hall–Kier alpha value is -2.71. The van der Waals surface area contributed by atoms with Crippen molar-refractivity contribution in [2.75, 3.05) is 5.32 Å². The summed E-state index contributed by atoms with van der Waals surface area (Å²) >= 11 is 6.90. The van der Waals surface area contributed by atoms with Crippen LogP contribution in [0.5, 0.6) is 0 Å². The molecule has 2 aromatic rings. The number of amidine groups is 2. The molecule has 4 rings (SSSR count). The maximum atomic E-state index is 14.0. The van der Waals surface area contributed by atoms with Crippen LogP contribution >= 0.6 is 23.4 Å². The number of hydrogen-bond acceptors (Lipinski definition) is 5. The molecule has 0 saturated heterocycles. The van der Waals surface area contributed by atoms with Gasteiger partial charge in [-0.2, -0.15) is 0 Å². The van der Waals surface area contributed by atoms with Gasteiger partial charge in [0.2, 0.25) is 5.91 Å². The number of halogens is 2. The maximum absolute atomic E-state index is 14.0. The minimum Gasteiger partial charge on any atom is -0.323 e. The van der Waals surface area contributed by atoms with Crippen LogP contribution in [0.15, 0.2) is 52.4 Å². The van der Waals surface area contributed by atoms with Crippen molar-refractivity contribution in [3.63, 3.8) is 0 Å². The van der Waals surface area contributed by atoms with Crippen molar-refractivity contribution in [1.82, 2.24) is 4.90 Å². The highest BCUT2D eigenvalue weighted by molar-refractivity contribution is 8.15. The zero-order valence-corrected chi connectivity index (χ0v) is 18.5. The van der Waals surface area contributed by atoms with Gasteiger partial charge in [-0.1, -0.05) is 48.8 Å². The first kappa shape index (κ1) is 21.5. The highest BCUT2D eigenvalue weighted by Crippen LogP contribution is 2.35. The van der Waals surface area contributed by atoms with Crippen molar-refractivity contribution in [2.24, 2.45) is 9.98 Å². The summed E-state index contributed by atoms with van der Waals surface area (Å²) in [5, 5.41) is 2.56. The normalized spacial score (nSPS) is 18.1. The molecular formula is C22H20ClFN4O2S. The van der Waals surface area contributed by atoms with Crippen LogP contribution in [0, 0.1) is 5.82 Å². The smallest absolute Gasteiger partial charge is 0.259 e. The van der Waals surface area contributed by atoms with Crippen LogP contribution in [0.1, 0.15) is 32.3 Å².